The Labute approximate surface area is 330 Å². The van der Waals surface area contributed by atoms with Crippen molar-refractivity contribution in [3.05, 3.63) is 162 Å². The van der Waals surface area contributed by atoms with E-state index < -0.39 is 46.8 Å². The summed E-state index contributed by atoms with van der Waals surface area (Å²) in [5.41, 5.74) is 7.71. The lowest BCUT2D eigenvalue weighted by Gasteiger charge is -2.50. The number of aliphatic hydroxyl groups is 1. The summed E-state index contributed by atoms with van der Waals surface area (Å²) in [6.07, 6.45) is 2.52. The molecular formula is C47H42N4O6. The van der Waals surface area contributed by atoms with E-state index in [4.69, 9.17) is 4.74 Å². The number of nitrogens with one attached hydrogen (secondary N) is 2. The van der Waals surface area contributed by atoms with Gasteiger partial charge in [-0.2, -0.15) is 5.01 Å². The van der Waals surface area contributed by atoms with E-state index in [1.54, 1.807) is 18.2 Å². The van der Waals surface area contributed by atoms with Crippen LogP contribution < -0.4 is 20.4 Å². The number of hydrogen-bond donors (Lipinski definition) is 3. The van der Waals surface area contributed by atoms with Gasteiger partial charge in [-0.1, -0.05) is 96.1 Å². The highest BCUT2D eigenvalue weighted by Crippen LogP contribution is 2.65. The fourth-order valence-electron chi connectivity index (χ4n) is 9.73. The maximum absolute atomic E-state index is 15.5. The quantitative estimate of drug-likeness (QED) is 0.100. The van der Waals surface area contributed by atoms with Crippen LogP contribution in [-0.4, -0.2) is 47.0 Å². The lowest BCUT2D eigenvalue weighted by atomic mass is 9.49. The van der Waals surface area contributed by atoms with Crippen molar-refractivity contribution < 1.29 is 29.0 Å². The molecule has 2 heterocycles. The SMILES string of the molecule is Cc1ccc(NN2C(=O)[C@@H]3C[C@@H]4C(=CC[C@@H]5C(=O)N(c6ccc(Nc7ccccc7)cc6)C(=O)[C@@H]54)[C@H](c4ccccc4OCCO)[C@]3(c3ccccc3)C2=O)cc1. The molecule has 1 saturated carbocycles. The highest BCUT2D eigenvalue weighted by Gasteiger charge is 2.70. The molecule has 0 radical (unpaired) electrons. The number of benzene rings is 5. The third-order valence-electron chi connectivity index (χ3n) is 12.2. The fraction of sp³-hybridized carbons (Fsp3) is 0.234. The molecule has 10 heteroatoms. The zero-order chi connectivity index (χ0) is 39.3. The molecule has 286 valence electrons. The lowest BCUT2D eigenvalue weighted by Crippen LogP contribution is -2.53. The van der Waals surface area contributed by atoms with Gasteiger partial charge in [0.25, 0.3) is 11.8 Å². The van der Waals surface area contributed by atoms with Crippen LogP contribution in [0.3, 0.4) is 0 Å². The Morgan fingerprint density at radius 1 is 0.719 bits per heavy atom. The van der Waals surface area contributed by atoms with E-state index in [0.29, 0.717) is 34.7 Å². The zero-order valence-electron chi connectivity index (χ0n) is 31.4. The summed E-state index contributed by atoms with van der Waals surface area (Å²) in [7, 11) is 0. The van der Waals surface area contributed by atoms with Gasteiger partial charge in [0, 0.05) is 22.9 Å². The first-order valence-corrected chi connectivity index (χ1v) is 19.4. The van der Waals surface area contributed by atoms with Gasteiger partial charge >= 0.3 is 0 Å². The van der Waals surface area contributed by atoms with E-state index in [1.165, 1.54) is 4.90 Å². The third kappa shape index (κ3) is 5.90. The number of carbonyl (C=O) groups is 4. The Bertz CT molecular complexity index is 2380. The number of amides is 4. The number of aryl methyl sites for hydroxylation is 1. The summed E-state index contributed by atoms with van der Waals surface area (Å²) in [5, 5.41) is 14.3. The van der Waals surface area contributed by atoms with Gasteiger partial charge in [0.15, 0.2) is 0 Å². The second-order valence-electron chi connectivity index (χ2n) is 15.3. The second-order valence-corrected chi connectivity index (χ2v) is 15.3. The molecule has 3 N–H and O–H groups in total. The zero-order valence-corrected chi connectivity index (χ0v) is 31.4. The van der Waals surface area contributed by atoms with Crippen LogP contribution in [0.25, 0.3) is 0 Å². The molecule has 2 aliphatic heterocycles. The number of anilines is 4. The summed E-state index contributed by atoms with van der Waals surface area (Å²) >= 11 is 0. The van der Waals surface area contributed by atoms with Crippen molar-refractivity contribution in [1.82, 2.24) is 5.01 Å². The number of fused-ring (bicyclic) bond motifs is 4. The van der Waals surface area contributed by atoms with Crippen LogP contribution >= 0.6 is 0 Å². The predicted molar refractivity (Wildman–Crippen MR) is 216 cm³/mol. The first kappa shape index (κ1) is 36.1. The fourth-order valence-corrected chi connectivity index (χ4v) is 9.73. The van der Waals surface area contributed by atoms with Gasteiger partial charge in [0.05, 0.1) is 41.2 Å². The monoisotopic (exact) mass is 758 g/mol. The summed E-state index contributed by atoms with van der Waals surface area (Å²) in [5.74, 6) is -4.49. The van der Waals surface area contributed by atoms with Crippen molar-refractivity contribution in [2.75, 3.05) is 28.9 Å². The average Bonchev–Trinajstić information content (AvgIpc) is 3.62. The first-order chi connectivity index (χ1) is 27.8. The van der Waals surface area contributed by atoms with Gasteiger partial charge in [-0.3, -0.25) is 29.5 Å². The number of aliphatic hydroxyl groups excluding tert-OH is 1. The number of hydrazine groups is 1. The number of rotatable bonds is 10. The Morgan fingerprint density at radius 3 is 2.09 bits per heavy atom. The maximum Gasteiger partial charge on any atom is 0.260 e. The number of hydrogen-bond acceptors (Lipinski definition) is 8. The minimum absolute atomic E-state index is 0.0221. The van der Waals surface area contributed by atoms with E-state index in [0.717, 1.165) is 27.5 Å². The van der Waals surface area contributed by atoms with Crippen LogP contribution in [0.4, 0.5) is 22.7 Å². The molecule has 4 aliphatic rings. The molecule has 5 aromatic carbocycles. The molecule has 6 atom stereocenters. The van der Waals surface area contributed by atoms with Crippen LogP contribution in [0.5, 0.6) is 5.75 Å². The van der Waals surface area contributed by atoms with E-state index in [1.807, 2.05) is 128 Å². The Hall–Kier alpha value is -6.52. The van der Waals surface area contributed by atoms with Crippen LogP contribution in [0.2, 0.25) is 0 Å². The number of nitrogens with zero attached hydrogens (tertiary/aromatic N) is 2. The van der Waals surface area contributed by atoms with Crippen molar-refractivity contribution in [3.8, 4) is 5.75 Å². The molecule has 0 aromatic heterocycles. The molecule has 4 amide bonds. The van der Waals surface area contributed by atoms with E-state index >= 15 is 4.79 Å². The summed E-state index contributed by atoms with van der Waals surface area (Å²) in [6.45, 7) is 1.77. The first-order valence-electron chi connectivity index (χ1n) is 19.4. The molecule has 3 fully saturated rings. The van der Waals surface area contributed by atoms with Crippen LogP contribution in [-0.2, 0) is 24.6 Å². The number of allylic oxidation sites excluding steroid dienone is 2. The highest BCUT2D eigenvalue weighted by atomic mass is 16.5. The smallest absolute Gasteiger partial charge is 0.260 e. The molecule has 0 spiro atoms. The second kappa shape index (κ2) is 14.5. The van der Waals surface area contributed by atoms with Gasteiger partial charge in [-0.15, -0.1) is 0 Å². The molecule has 0 unspecified atom stereocenters. The van der Waals surface area contributed by atoms with Gasteiger partial charge < -0.3 is 15.2 Å². The maximum atomic E-state index is 15.5. The van der Waals surface area contributed by atoms with Gasteiger partial charge in [0.2, 0.25) is 11.8 Å². The molecule has 0 bridgehead atoms. The molecule has 57 heavy (non-hydrogen) atoms. The predicted octanol–water partition coefficient (Wildman–Crippen LogP) is 7.30. The van der Waals surface area contributed by atoms with Gasteiger partial charge in [0.1, 0.15) is 12.4 Å². The van der Waals surface area contributed by atoms with Crippen molar-refractivity contribution in [1.29, 1.82) is 0 Å². The molecule has 9 rings (SSSR count). The van der Waals surface area contributed by atoms with Crippen LogP contribution in [0.1, 0.15) is 35.4 Å². The number of carbonyl (C=O) groups excluding carboxylic acids is 4. The van der Waals surface area contributed by atoms with Crippen molar-refractivity contribution in [2.45, 2.75) is 31.1 Å². The number of para-hydroxylation sites is 2. The molecule has 10 nitrogen and oxygen atoms in total. The molecular weight excluding hydrogens is 717 g/mol. The Balaban J connectivity index is 1.16. The normalized spacial score (nSPS) is 25.1. The van der Waals surface area contributed by atoms with Crippen molar-refractivity contribution >= 4 is 46.4 Å². The Morgan fingerprint density at radius 2 is 1.37 bits per heavy atom. The summed E-state index contributed by atoms with van der Waals surface area (Å²) in [4.78, 5) is 60.8. The van der Waals surface area contributed by atoms with Crippen LogP contribution in [0.15, 0.2) is 145 Å². The van der Waals surface area contributed by atoms with E-state index in [9.17, 15) is 19.5 Å². The highest BCUT2D eigenvalue weighted by molar-refractivity contribution is 6.22. The lowest BCUT2D eigenvalue weighted by molar-refractivity contribution is -0.138. The van der Waals surface area contributed by atoms with Crippen LogP contribution in [0, 0.1) is 30.6 Å². The largest absolute Gasteiger partial charge is 0.491 e. The summed E-state index contributed by atoms with van der Waals surface area (Å²) < 4.78 is 6.15. The summed E-state index contributed by atoms with van der Waals surface area (Å²) in [6, 6.07) is 41.3. The Kier molecular flexibility index (Phi) is 9.21. The molecule has 2 aliphatic carbocycles. The number of imide groups is 2. The average molecular weight is 759 g/mol. The van der Waals surface area contributed by atoms with Crippen molar-refractivity contribution in [2.24, 2.45) is 23.7 Å². The van der Waals surface area contributed by atoms with E-state index in [2.05, 4.69) is 10.7 Å². The standard InChI is InChI=1S/C47H42N4O6/c1-29-16-18-33(19-17-29)49-51-44(54)39-28-38-35(42(36-14-8-9-15-40(36)57-27-26-52)47(39,46(51)56)30-10-4-2-5-11-30)24-25-37-41(38)45(55)50(43(37)53)34-22-20-32(21-23-34)48-31-12-6-3-7-13-31/h2-24,37-39,41-42,48-49,52H,25-28H2,1H3/t37-,38+,39-,41-,42+,47+/m0/s1. The molecule has 5 aromatic rings. The number of ether oxygens (including phenoxy) is 1. The topological polar surface area (TPSA) is 128 Å². The minimum Gasteiger partial charge on any atom is -0.491 e. The molecule has 2 saturated heterocycles. The van der Waals surface area contributed by atoms with Gasteiger partial charge in [-0.05, 0) is 85.8 Å². The van der Waals surface area contributed by atoms with E-state index in [-0.39, 0.29) is 31.4 Å². The minimum atomic E-state index is -1.43. The van der Waals surface area contributed by atoms with Gasteiger partial charge in [-0.25, -0.2) is 0 Å². The van der Waals surface area contributed by atoms with Crippen molar-refractivity contribution in [3.63, 3.8) is 0 Å². The third-order valence-corrected chi connectivity index (χ3v) is 12.2.